The van der Waals surface area contributed by atoms with Crippen LogP contribution in [0, 0.1) is 0 Å². The van der Waals surface area contributed by atoms with Crippen molar-refractivity contribution < 1.29 is 9.59 Å². The number of carbonyl (C=O) groups excluding carboxylic acids is 2. The minimum atomic E-state index is -0.0277. The molecular weight excluding hydrogens is 244 g/mol. The highest BCUT2D eigenvalue weighted by Crippen LogP contribution is 2.37. The molecule has 3 N–H and O–H groups in total. The first-order valence-electron chi connectivity index (χ1n) is 6.68. The van der Waals surface area contributed by atoms with Gasteiger partial charge >= 0.3 is 0 Å². The summed E-state index contributed by atoms with van der Waals surface area (Å²) in [6.07, 6.45) is 4.42. The van der Waals surface area contributed by atoms with Gasteiger partial charge in [-0.3, -0.25) is 9.59 Å². The van der Waals surface area contributed by atoms with E-state index in [1.807, 2.05) is 10.8 Å². The molecule has 2 aliphatic rings. The van der Waals surface area contributed by atoms with Crippen LogP contribution in [0.5, 0.6) is 0 Å². The smallest absolute Gasteiger partial charge is 0.270 e. The Kier molecular flexibility index (Phi) is 2.93. The summed E-state index contributed by atoms with van der Waals surface area (Å²) in [4.78, 5) is 25.6. The lowest BCUT2D eigenvalue weighted by molar-refractivity contribution is -0.120. The molecule has 1 aromatic heterocycles. The monoisotopic (exact) mass is 262 g/mol. The second kappa shape index (κ2) is 4.60. The topological polar surface area (TPSA) is 80.4 Å². The summed E-state index contributed by atoms with van der Waals surface area (Å²) in [5.41, 5.74) is 7.08. The Bertz CT molecular complexity index is 519. The molecule has 1 aliphatic heterocycles. The standard InChI is InChI=1S/C13H18N4O2/c14-9-7-11(17(8-9)10-1-2-10)13(19)16-5-3-12(18)15-4-6-16/h7-8,10H,1-6,14H2,(H,15,18). The third kappa shape index (κ3) is 2.43. The fraction of sp³-hybridized carbons (Fsp3) is 0.538. The van der Waals surface area contributed by atoms with Crippen molar-refractivity contribution in [1.82, 2.24) is 14.8 Å². The summed E-state index contributed by atoms with van der Waals surface area (Å²) >= 11 is 0. The van der Waals surface area contributed by atoms with Crippen molar-refractivity contribution in [3.63, 3.8) is 0 Å². The molecule has 0 atom stereocenters. The Hall–Kier alpha value is -1.98. The molecule has 2 fully saturated rings. The van der Waals surface area contributed by atoms with Crippen molar-refractivity contribution in [2.75, 3.05) is 25.4 Å². The lowest BCUT2D eigenvalue weighted by Gasteiger charge is -2.20. The maximum absolute atomic E-state index is 12.5. The molecule has 1 aromatic rings. The van der Waals surface area contributed by atoms with E-state index >= 15 is 0 Å². The van der Waals surface area contributed by atoms with Gasteiger partial charge in [-0.2, -0.15) is 0 Å². The molecule has 6 heteroatoms. The van der Waals surface area contributed by atoms with Gasteiger partial charge in [0, 0.05) is 38.3 Å². The molecular formula is C13H18N4O2. The molecule has 0 spiro atoms. The zero-order valence-corrected chi connectivity index (χ0v) is 10.8. The predicted octanol–water partition coefficient (Wildman–Crippen LogP) is 0.367. The molecule has 6 nitrogen and oxygen atoms in total. The first kappa shape index (κ1) is 12.1. The molecule has 1 saturated heterocycles. The number of rotatable bonds is 2. The molecule has 2 heterocycles. The van der Waals surface area contributed by atoms with Crippen LogP contribution in [0.1, 0.15) is 35.8 Å². The Morgan fingerprint density at radius 1 is 1.37 bits per heavy atom. The average Bonchev–Trinajstić information content (AvgIpc) is 3.17. The van der Waals surface area contributed by atoms with Gasteiger partial charge in [-0.15, -0.1) is 0 Å². The molecule has 1 aliphatic carbocycles. The maximum Gasteiger partial charge on any atom is 0.270 e. The lowest BCUT2D eigenvalue weighted by Crippen LogP contribution is -2.35. The summed E-state index contributed by atoms with van der Waals surface area (Å²) in [5, 5.41) is 2.77. The Morgan fingerprint density at radius 2 is 2.16 bits per heavy atom. The highest BCUT2D eigenvalue weighted by molar-refractivity contribution is 5.94. The summed E-state index contributed by atoms with van der Waals surface area (Å²) in [6, 6.07) is 2.16. The molecule has 0 bridgehead atoms. The van der Waals surface area contributed by atoms with E-state index in [-0.39, 0.29) is 11.8 Å². The van der Waals surface area contributed by atoms with Gasteiger partial charge in [0.2, 0.25) is 5.91 Å². The number of hydrogen-bond acceptors (Lipinski definition) is 3. The van der Waals surface area contributed by atoms with Crippen molar-refractivity contribution >= 4 is 17.5 Å². The van der Waals surface area contributed by atoms with Gasteiger partial charge in [0.25, 0.3) is 5.91 Å². The molecule has 19 heavy (non-hydrogen) atoms. The Morgan fingerprint density at radius 3 is 2.89 bits per heavy atom. The minimum Gasteiger partial charge on any atom is -0.397 e. The van der Waals surface area contributed by atoms with Gasteiger partial charge in [-0.1, -0.05) is 0 Å². The number of aromatic nitrogens is 1. The van der Waals surface area contributed by atoms with E-state index < -0.39 is 0 Å². The average molecular weight is 262 g/mol. The van der Waals surface area contributed by atoms with E-state index in [0.717, 1.165) is 12.8 Å². The molecule has 0 aromatic carbocycles. The highest BCUT2D eigenvalue weighted by Gasteiger charge is 2.30. The number of nitrogens with zero attached hydrogens (tertiary/aromatic N) is 2. The van der Waals surface area contributed by atoms with E-state index in [0.29, 0.717) is 43.5 Å². The van der Waals surface area contributed by atoms with Gasteiger partial charge in [0.1, 0.15) is 5.69 Å². The number of nitrogen functional groups attached to an aromatic ring is 1. The number of carbonyl (C=O) groups is 2. The maximum atomic E-state index is 12.5. The van der Waals surface area contributed by atoms with Crippen LogP contribution in [0.2, 0.25) is 0 Å². The first-order valence-corrected chi connectivity index (χ1v) is 6.68. The first-order chi connectivity index (χ1) is 9.15. The van der Waals surface area contributed by atoms with Gasteiger partial charge in [-0.25, -0.2) is 0 Å². The highest BCUT2D eigenvalue weighted by atomic mass is 16.2. The van der Waals surface area contributed by atoms with E-state index in [1.54, 1.807) is 11.0 Å². The zero-order valence-electron chi connectivity index (χ0n) is 10.8. The molecule has 102 valence electrons. The lowest BCUT2D eigenvalue weighted by atomic mass is 10.3. The van der Waals surface area contributed by atoms with Crippen molar-refractivity contribution in [2.24, 2.45) is 0 Å². The van der Waals surface area contributed by atoms with Gasteiger partial charge in [0.05, 0.1) is 5.69 Å². The number of anilines is 1. The summed E-state index contributed by atoms with van der Waals surface area (Å²) in [6.45, 7) is 1.55. The summed E-state index contributed by atoms with van der Waals surface area (Å²) < 4.78 is 1.98. The van der Waals surface area contributed by atoms with Crippen LogP contribution in [0.4, 0.5) is 5.69 Å². The third-order valence-electron chi connectivity index (χ3n) is 3.63. The Labute approximate surface area is 111 Å². The molecule has 3 rings (SSSR count). The van der Waals surface area contributed by atoms with Crippen molar-refractivity contribution in [3.05, 3.63) is 18.0 Å². The molecule has 2 amide bonds. The van der Waals surface area contributed by atoms with Crippen LogP contribution < -0.4 is 11.1 Å². The predicted molar refractivity (Wildman–Crippen MR) is 70.6 cm³/mol. The van der Waals surface area contributed by atoms with Crippen molar-refractivity contribution in [2.45, 2.75) is 25.3 Å². The van der Waals surface area contributed by atoms with Crippen LogP contribution in [0.25, 0.3) is 0 Å². The van der Waals surface area contributed by atoms with Gasteiger partial charge in [-0.05, 0) is 18.9 Å². The van der Waals surface area contributed by atoms with E-state index in [9.17, 15) is 9.59 Å². The van der Waals surface area contributed by atoms with Crippen LogP contribution in [-0.2, 0) is 4.79 Å². The zero-order chi connectivity index (χ0) is 13.4. The number of amides is 2. The molecule has 0 unspecified atom stereocenters. The molecule has 1 saturated carbocycles. The van der Waals surface area contributed by atoms with E-state index in [1.165, 1.54) is 0 Å². The van der Waals surface area contributed by atoms with Crippen molar-refractivity contribution in [3.8, 4) is 0 Å². The number of hydrogen-bond donors (Lipinski definition) is 2. The minimum absolute atomic E-state index is 0.00684. The quantitative estimate of drug-likeness (QED) is 0.808. The van der Waals surface area contributed by atoms with Crippen molar-refractivity contribution in [1.29, 1.82) is 0 Å². The van der Waals surface area contributed by atoms with Crippen LogP contribution >= 0.6 is 0 Å². The summed E-state index contributed by atoms with van der Waals surface area (Å²) in [7, 11) is 0. The Balaban J connectivity index is 1.81. The van der Waals surface area contributed by atoms with Crippen LogP contribution in [-0.4, -0.2) is 40.9 Å². The van der Waals surface area contributed by atoms with E-state index in [2.05, 4.69) is 5.32 Å². The van der Waals surface area contributed by atoms with E-state index in [4.69, 9.17) is 5.73 Å². The SMILES string of the molecule is Nc1cc(C(=O)N2CCNC(=O)CC2)n(C2CC2)c1. The van der Waals surface area contributed by atoms with Gasteiger partial charge in [0.15, 0.2) is 0 Å². The largest absolute Gasteiger partial charge is 0.397 e. The fourth-order valence-electron chi connectivity index (χ4n) is 2.46. The van der Waals surface area contributed by atoms with Crippen LogP contribution in [0.3, 0.4) is 0 Å². The number of nitrogens with one attached hydrogen (secondary N) is 1. The van der Waals surface area contributed by atoms with Crippen LogP contribution in [0.15, 0.2) is 12.3 Å². The number of nitrogens with two attached hydrogens (primary N) is 1. The normalized spacial score (nSPS) is 20.0. The van der Waals surface area contributed by atoms with Gasteiger partial charge < -0.3 is 20.5 Å². The molecule has 0 radical (unpaired) electrons. The second-order valence-electron chi connectivity index (χ2n) is 5.19. The third-order valence-corrected chi connectivity index (χ3v) is 3.63. The summed E-state index contributed by atoms with van der Waals surface area (Å²) in [5.74, 6) is -0.0208. The fourth-order valence-corrected chi connectivity index (χ4v) is 2.46. The second-order valence-corrected chi connectivity index (χ2v) is 5.19.